The summed E-state index contributed by atoms with van der Waals surface area (Å²) in [5, 5.41) is 8.85. The van der Waals surface area contributed by atoms with Crippen molar-refractivity contribution < 1.29 is 14.6 Å². The summed E-state index contributed by atoms with van der Waals surface area (Å²) in [6, 6.07) is 6.04. The summed E-state index contributed by atoms with van der Waals surface area (Å²) in [5.74, 6) is -0.165. The second-order valence-corrected chi connectivity index (χ2v) is 4.34. The zero-order chi connectivity index (χ0) is 11.5. The van der Waals surface area contributed by atoms with Gasteiger partial charge in [0.1, 0.15) is 5.75 Å². The molecule has 0 bridgehead atoms. The van der Waals surface area contributed by atoms with E-state index in [1.165, 1.54) is 5.56 Å². The Kier molecular flexibility index (Phi) is 3.13. The molecule has 0 radical (unpaired) electrons. The average Bonchev–Trinajstić information content (AvgIpc) is 2.28. The van der Waals surface area contributed by atoms with Gasteiger partial charge < -0.3 is 9.84 Å². The second kappa shape index (κ2) is 4.56. The van der Waals surface area contributed by atoms with E-state index in [2.05, 4.69) is 6.07 Å². The molecule has 1 N–H and O–H groups in total. The van der Waals surface area contributed by atoms with Gasteiger partial charge in [0.15, 0.2) is 0 Å². The van der Waals surface area contributed by atoms with Crippen LogP contribution in [0.15, 0.2) is 18.2 Å². The third-order valence-corrected chi connectivity index (χ3v) is 2.94. The molecule has 1 aliphatic heterocycles. The molecule has 3 nitrogen and oxygen atoms in total. The van der Waals surface area contributed by atoms with Gasteiger partial charge in [0, 0.05) is 0 Å². The minimum absolute atomic E-state index is 0.346. The van der Waals surface area contributed by atoms with Gasteiger partial charge in [0.05, 0.1) is 12.5 Å². The number of carbonyl (C=O) groups is 1. The predicted molar refractivity (Wildman–Crippen MR) is 60.8 cm³/mol. The first-order valence-electron chi connectivity index (χ1n) is 5.64. The van der Waals surface area contributed by atoms with Gasteiger partial charge in [-0.1, -0.05) is 19.1 Å². The molecule has 86 valence electrons. The van der Waals surface area contributed by atoms with E-state index in [4.69, 9.17) is 9.84 Å². The fourth-order valence-corrected chi connectivity index (χ4v) is 1.95. The van der Waals surface area contributed by atoms with E-state index >= 15 is 0 Å². The van der Waals surface area contributed by atoms with Gasteiger partial charge in [0.25, 0.3) is 0 Å². The lowest BCUT2D eigenvalue weighted by molar-refractivity contribution is -0.141. The fraction of sp³-hybridized carbons (Fsp3) is 0.462. The van der Waals surface area contributed by atoms with E-state index in [0.717, 1.165) is 30.8 Å². The van der Waals surface area contributed by atoms with E-state index in [1.54, 1.807) is 6.92 Å². The molecule has 0 aromatic heterocycles. The van der Waals surface area contributed by atoms with Crippen LogP contribution in [0.2, 0.25) is 0 Å². The molecular weight excluding hydrogens is 204 g/mol. The van der Waals surface area contributed by atoms with Crippen LogP contribution in [0.4, 0.5) is 0 Å². The maximum Gasteiger partial charge on any atom is 0.306 e. The molecule has 0 amide bonds. The highest BCUT2D eigenvalue weighted by Crippen LogP contribution is 2.26. The van der Waals surface area contributed by atoms with Gasteiger partial charge in [-0.25, -0.2) is 0 Å². The SMILES string of the molecule is CC(Cc1ccc2c(c1)OCCC2)C(=O)O. The Morgan fingerprint density at radius 1 is 1.56 bits per heavy atom. The number of aliphatic carboxylic acids is 1. The summed E-state index contributed by atoms with van der Waals surface area (Å²) < 4.78 is 5.56. The molecule has 16 heavy (non-hydrogen) atoms. The van der Waals surface area contributed by atoms with Crippen LogP contribution in [0.25, 0.3) is 0 Å². The maximum atomic E-state index is 10.8. The number of carboxylic acid groups (broad SMARTS) is 1. The molecule has 1 aromatic rings. The van der Waals surface area contributed by atoms with Crippen molar-refractivity contribution in [2.75, 3.05) is 6.61 Å². The summed E-state index contributed by atoms with van der Waals surface area (Å²) >= 11 is 0. The van der Waals surface area contributed by atoms with Crippen LogP contribution in [0, 0.1) is 5.92 Å². The van der Waals surface area contributed by atoms with Crippen LogP contribution in [0.1, 0.15) is 24.5 Å². The number of benzene rings is 1. The molecule has 1 aromatic carbocycles. The van der Waals surface area contributed by atoms with Crippen molar-refractivity contribution in [2.45, 2.75) is 26.2 Å². The molecule has 0 aliphatic carbocycles. The third kappa shape index (κ3) is 2.35. The summed E-state index contributed by atoms with van der Waals surface area (Å²) in [6.07, 6.45) is 2.69. The van der Waals surface area contributed by atoms with Gasteiger partial charge >= 0.3 is 5.97 Å². The van der Waals surface area contributed by atoms with Crippen LogP contribution in [-0.2, 0) is 17.6 Å². The van der Waals surface area contributed by atoms with E-state index in [9.17, 15) is 4.79 Å². The molecule has 1 aliphatic rings. The summed E-state index contributed by atoms with van der Waals surface area (Å²) in [6.45, 7) is 2.49. The monoisotopic (exact) mass is 220 g/mol. The highest BCUT2D eigenvalue weighted by Gasteiger charge is 2.14. The van der Waals surface area contributed by atoms with Crippen molar-refractivity contribution in [3.8, 4) is 5.75 Å². The molecular formula is C13H16O3. The molecule has 1 heterocycles. The van der Waals surface area contributed by atoms with Crippen molar-refractivity contribution in [2.24, 2.45) is 5.92 Å². The molecule has 2 rings (SSSR count). The van der Waals surface area contributed by atoms with Crippen molar-refractivity contribution >= 4 is 5.97 Å². The molecule has 3 heteroatoms. The van der Waals surface area contributed by atoms with Gasteiger partial charge in [0.2, 0.25) is 0 Å². The first kappa shape index (κ1) is 11.0. The van der Waals surface area contributed by atoms with E-state index in [-0.39, 0.29) is 5.92 Å². The topological polar surface area (TPSA) is 46.5 Å². The molecule has 1 unspecified atom stereocenters. The molecule has 0 fully saturated rings. The van der Waals surface area contributed by atoms with Crippen LogP contribution in [0.5, 0.6) is 5.75 Å². The quantitative estimate of drug-likeness (QED) is 0.850. The standard InChI is InChI=1S/C13H16O3/c1-9(13(14)15)7-10-4-5-11-3-2-6-16-12(11)8-10/h4-5,8-9H,2-3,6-7H2,1H3,(H,14,15). The minimum Gasteiger partial charge on any atom is -0.493 e. The molecule has 0 saturated carbocycles. The number of rotatable bonds is 3. The highest BCUT2D eigenvalue weighted by atomic mass is 16.5. The third-order valence-electron chi connectivity index (χ3n) is 2.94. The number of ether oxygens (including phenoxy) is 1. The summed E-state index contributed by atoms with van der Waals surface area (Å²) in [4.78, 5) is 10.8. The lowest BCUT2D eigenvalue weighted by Gasteiger charge is -2.18. The van der Waals surface area contributed by atoms with Gasteiger partial charge in [-0.3, -0.25) is 4.79 Å². The normalized spacial score (nSPS) is 16.1. The van der Waals surface area contributed by atoms with Gasteiger partial charge in [-0.2, -0.15) is 0 Å². The number of hydrogen-bond donors (Lipinski definition) is 1. The first-order chi connectivity index (χ1) is 7.66. The first-order valence-corrected chi connectivity index (χ1v) is 5.64. The largest absolute Gasteiger partial charge is 0.493 e. The smallest absolute Gasteiger partial charge is 0.306 e. The Morgan fingerprint density at radius 3 is 3.12 bits per heavy atom. The van der Waals surface area contributed by atoms with Crippen molar-refractivity contribution in [3.63, 3.8) is 0 Å². The molecule has 0 saturated heterocycles. The van der Waals surface area contributed by atoms with Crippen molar-refractivity contribution in [3.05, 3.63) is 29.3 Å². The van der Waals surface area contributed by atoms with E-state index in [0.29, 0.717) is 6.42 Å². The van der Waals surface area contributed by atoms with Crippen LogP contribution < -0.4 is 4.74 Å². The van der Waals surface area contributed by atoms with Crippen molar-refractivity contribution in [1.29, 1.82) is 0 Å². The number of fused-ring (bicyclic) bond motifs is 1. The van der Waals surface area contributed by atoms with E-state index < -0.39 is 5.97 Å². The van der Waals surface area contributed by atoms with Crippen LogP contribution >= 0.6 is 0 Å². The Labute approximate surface area is 95.0 Å². The van der Waals surface area contributed by atoms with Gasteiger partial charge in [-0.15, -0.1) is 0 Å². The highest BCUT2D eigenvalue weighted by molar-refractivity contribution is 5.69. The summed E-state index contributed by atoms with van der Waals surface area (Å²) in [5.41, 5.74) is 2.27. The zero-order valence-corrected chi connectivity index (χ0v) is 9.40. The predicted octanol–water partition coefficient (Wildman–Crippen LogP) is 2.27. The number of carboxylic acids is 1. The van der Waals surface area contributed by atoms with Gasteiger partial charge in [-0.05, 0) is 36.5 Å². The minimum atomic E-state index is -0.751. The average molecular weight is 220 g/mol. The van der Waals surface area contributed by atoms with Crippen LogP contribution in [-0.4, -0.2) is 17.7 Å². The zero-order valence-electron chi connectivity index (χ0n) is 9.40. The fourth-order valence-electron chi connectivity index (χ4n) is 1.95. The van der Waals surface area contributed by atoms with Crippen LogP contribution in [0.3, 0.4) is 0 Å². The van der Waals surface area contributed by atoms with Crippen molar-refractivity contribution in [1.82, 2.24) is 0 Å². The lowest BCUT2D eigenvalue weighted by atomic mass is 9.98. The lowest BCUT2D eigenvalue weighted by Crippen LogP contribution is -2.13. The Hall–Kier alpha value is -1.51. The molecule has 0 spiro atoms. The second-order valence-electron chi connectivity index (χ2n) is 4.34. The summed E-state index contributed by atoms with van der Waals surface area (Å²) in [7, 11) is 0. The Morgan fingerprint density at radius 2 is 2.38 bits per heavy atom. The maximum absolute atomic E-state index is 10.8. The molecule has 1 atom stereocenters. The van der Waals surface area contributed by atoms with E-state index in [1.807, 2.05) is 12.1 Å². The number of hydrogen-bond acceptors (Lipinski definition) is 2. The Balaban J connectivity index is 2.14. The Bertz CT molecular complexity index is 398. The number of aryl methyl sites for hydroxylation is 1.